The molecule has 0 saturated carbocycles. The molecule has 0 aliphatic carbocycles. The van der Waals surface area contributed by atoms with Crippen molar-refractivity contribution in [2.75, 3.05) is 32.0 Å². The predicted octanol–water partition coefficient (Wildman–Crippen LogP) is 1.30. The molecule has 1 saturated heterocycles. The number of ether oxygens (including phenoxy) is 1. The Labute approximate surface area is 145 Å². The van der Waals surface area contributed by atoms with Gasteiger partial charge in [0, 0.05) is 30.8 Å². The maximum atomic E-state index is 12.2. The lowest BCUT2D eigenvalue weighted by molar-refractivity contribution is 0.0719. The molecule has 130 valence electrons. The van der Waals surface area contributed by atoms with Crippen molar-refractivity contribution in [1.82, 2.24) is 20.2 Å². The van der Waals surface area contributed by atoms with Crippen molar-refractivity contribution in [3.05, 3.63) is 42.2 Å². The summed E-state index contributed by atoms with van der Waals surface area (Å²) in [5.74, 6) is 0.164. The number of hydrogen-bond donors (Lipinski definition) is 2. The number of cyclic esters (lactones) is 1. The Balaban J connectivity index is 1.53. The monoisotopic (exact) mass is 341 g/mol. The van der Waals surface area contributed by atoms with E-state index < -0.39 is 0 Å². The van der Waals surface area contributed by atoms with Crippen LogP contribution in [0.5, 0.6) is 0 Å². The van der Waals surface area contributed by atoms with E-state index in [1.807, 2.05) is 0 Å². The molecule has 8 nitrogen and oxygen atoms in total. The first-order chi connectivity index (χ1) is 12.1. The minimum atomic E-state index is -0.325. The molecule has 1 aliphatic rings. The van der Waals surface area contributed by atoms with Gasteiger partial charge in [-0.15, -0.1) is 0 Å². The second-order valence-electron chi connectivity index (χ2n) is 5.61. The molecule has 0 bridgehead atoms. The van der Waals surface area contributed by atoms with Crippen LogP contribution in [-0.2, 0) is 4.74 Å². The Bertz CT molecular complexity index is 746. The number of carbonyl (C=O) groups excluding carboxylic acids is 2. The van der Waals surface area contributed by atoms with Crippen LogP contribution in [0.25, 0.3) is 11.3 Å². The third kappa shape index (κ3) is 4.23. The van der Waals surface area contributed by atoms with E-state index in [1.165, 1.54) is 6.20 Å². The third-order valence-corrected chi connectivity index (χ3v) is 3.84. The summed E-state index contributed by atoms with van der Waals surface area (Å²) in [5.41, 5.74) is 7.59. The molecule has 1 aliphatic heterocycles. The van der Waals surface area contributed by atoms with Crippen molar-refractivity contribution in [2.45, 2.75) is 6.42 Å². The molecule has 2 aromatic rings. The molecule has 25 heavy (non-hydrogen) atoms. The van der Waals surface area contributed by atoms with Crippen LogP contribution in [0, 0.1) is 0 Å². The topological polar surface area (TPSA) is 110 Å². The van der Waals surface area contributed by atoms with Gasteiger partial charge in [-0.25, -0.2) is 9.78 Å². The van der Waals surface area contributed by atoms with Crippen molar-refractivity contribution in [3.63, 3.8) is 0 Å². The molecule has 2 amide bonds. The summed E-state index contributed by atoms with van der Waals surface area (Å²) in [6.07, 6.45) is 3.56. The van der Waals surface area contributed by atoms with Crippen LogP contribution in [0.4, 0.5) is 10.6 Å². The summed E-state index contributed by atoms with van der Waals surface area (Å²) >= 11 is 0. The highest BCUT2D eigenvalue weighted by Gasteiger charge is 2.19. The van der Waals surface area contributed by atoms with Crippen LogP contribution in [0.15, 0.2) is 36.7 Å². The number of nitrogens with two attached hydrogens (primary N) is 1. The molecule has 0 radical (unpaired) electrons. The van der Waals surface area contributed by atoms with Gasteiger partial charge in [0.05, 0.1) is 24.7 Å². The molecule has 3 N–H and O–H groups in total. The number of hydrogen-bond acceptors (Lipinski definition) is 6. The van der Waals surface area contributed by atoms with Gasteiger partial charge in [-0.05, 0) is 18.6 Å². The van der Waals surface area contributed by atoms with Gasteiger partial charge in [0.1, 0.15) is 5.82 Å². The van der Waals surface area contributed by atoms with E-state index in [-0.39, 0.29) is 12.0 Å². The van der Waals surface area contributed by atoms with Crippen LogP contribution >= 0.6 is 0 Å². The summed E-state index contributed by atoms with van der Waals surface area (Å²) < 4.78 is 4.95. The molecule has 3 rings (SSSR count). The second kappa shape index (κ2) is 7.61. The van der Waals surface area contributed by atoms with Crippen molar-refractivity contribution < 1.29 is 14.3 Å². The first kappa shape index (κ1) is 16.7. The van der Waals surface area contributed by atoms with Gasteiger partial charge in [0.15, 0.2) is 0 Å². The zero-order valence-electron chi connectivity index (χ0n) is 13.6. The molecule has 0 atom stereocenters. The Morgan fingerprint density at radius 3 is 2.72 bits per heavy atom. The third-order valence-electron chi connectivity index (χ3n) is 3.84. The summed E-state index contributed by atoms with van der Waals surface area (Å²) in [5, 5.41) is 2.80. The smallest absolute Gasteiger partial charge is 0.409 e. The number of amides is 2. The maximum absolute atomic E-state index is 12.2. The number of aromatic nitrogens is 2. The zero-order chi connectivity index (χ0) is 17.6. The fourth-order valence-corrected chi connectivity index (χ4v) is 2.49. The van der Waals surface area contributed by atoms with Gasteiger partial charge in [-0.3, -0.25) is 9.78 Å². The number of nitrogens with zero attached hydrogens (tertiary/aromatic N) is 3. The minimum Gasteiger partial charge on any atom is -0.449 e. The first-order valence-corrected chi connectivity index (χ1v) is 8.01. The Morgan fingerprint density at radius 1 is 1.24 bits per heavy atom. The van der Waals surface area contributed by atoms with Gasteiger partial charge < -0.3 is 20.7 Å². The molecule has 1 aromatic heterocycles. The summed E-state index contributed by atoms with van der Waals surface area (Å²) in [4.78, 5) is 33.5. The first-order valence-electron chi connectivity index (χ1n) is 8.01. The molecule has 0 spiro atoms. The van der Waals surface area contributed by atoms with Crippen LogP contribution in [0.3, 0.4) is 0 Å². The van der Waals surface area contributed by atoms with Crippen LogP contribution in [0.1, 0.15) is 16.8 Å². The Morgan fingerprint density at radius 2 is 2.04 bits per heavy atom. The van der Waals surface area contributed by atoms with E-state index >= 15 is 0 Å². The highest BCUT2D eigenvalue weighted by atomic mass is 16.6. The average Bonchev–Trinajstić information content (AvgIpc) is 2.64. The largest absolute Gasteiger partial charge is 0.449 e. The van der Waals surface area contributed by atoms with E-state index in [0.29, 0.717) is 43.3 Å². The van der Waals surface area contributed by atoms with Crippen LogP contribution in [0.2, 0.25) is 0 Å². The van der Waals surface area contributed by atoms with E-state index in [0.717, 1.165) is 12.0 Å². The fraction of sp³-hybridized carbons (Fsp3) is 0.294. The lowest BCUT2D eigenvalue weighted by Crippen LogP contribution is -2.42. The quantitative estimate of drug-likeness (QED) is 0.848. The van der Waals surface area contributed by atoms with Gasteiger partial charge >= 0.3 is 6.09 Å². The fourth-order valence-electron chi connectivity index (χ4n) is 2.49. The number of anilines is 1. The van der Waals surface area contributed by atoms with Crippen molar-refractivity contribution in [1.29, 1.82) is 0 Å². The number of benzene rings is 1. The number of carbonyl (C=O) groups is 2. The molecule has 8 heteroatoms. The normalized spacial score (nSPS) is 14.1. The highest BCUT2D eigenvalue weighted by Crippen LogP contribution is 2.17. The lowest BCUT2D eigenvalue weighted by atomic mass is 10.1. The summed E-state index contributed by atoms with van der Waals surface area (Å²) in [6.45, 7) is 1.93. The Hall–Kier alpha value is -3.16. The van der Waals surface area contributed by atoms with Crippen molar-refractivity contribution >= 4 is 17.8 Å². The van der Waals surface area contributed by atoms with E-state index in [4.69, 9.17) is 10.5 Å². The second-order valence-corrected chi connectivity index (χ2v) is 5.61. The number of rotatable bonds is 5. The van der Waals surface area contributed by atoms with E-state index in [9.17, 15) is 9.59 Å². The van der Waals surface area contributed by atoms with Crippen LogP contribution in [-0.4, -0.2) is 53.1 Å². The lowest BCUT2D eigenvalue weighted by Gasteiger charge is -2.26. The molecular formula is C17H19N5O3. The predicted molar refractivity (Wildman–Crippen MR) is 91.8 cm³/mol. The Kier molecular flexibility index (Phi) is 5.08. The molecule has 1 fully saturated rings. The summed E-state index contributed by atoms with van der Waals surface area (Å²) in [6, 6.07) is 7.05. The standard InChI is InChI=1S/C17H19N5O3/c18-15-11-20-14(10-21-15)12-2-4-13(5-3-12)16(23)19-6-8-22-7-1-9-25-17(22)24/h2-5,10-11H,1,6-9H2,(H2,18,21)(H,19,23). The number of nitrogens with one attached hydrogen (secondary N) is 1. The van der Waals surface area contributed by atoms with Gasteiger partial charge in [-0.1, -0.05) is 12.1 Å². The molecule has 0 unspecified atom stereocenters. The molecular weight excluding hydrogens is 322 g/mol. The van der Waals surface area contributed by atoms with Gasteiger partial charge in [-0.2, -0.15) is 0 Å². The minimum absolute atomic E-state index is 0.194. The van der Waals surface area contributed by atoms with E-state index in [1.54, 1.807) is 35.4 Å². The van der Waals surface area contributed by atoms with Crippen molar-refractivity contribution in [3.8, 4) is 11.3 Å². The average molecular weight is 341 g/mol. The zero-order valence-corrected chi connectivity index (χ0v) is 13.6. The van der Waals surface area contributed by atoms with Crippen molar-refractivity contribution in [2.24, 2.45) is 0 Å². The molecule has 1 aromatic carbocycles. The summed E-state index contributed by atoms with van der Waals surface area (Å²) in [7, 11) is 0. The van der Waals surface area contributed by atoms with Gasteiger partial charge in [0.25, 0.3) is 5.91 Å². The van der Waals surface area contributed by atoms with Gasteiger partial charge in [0.2, 0.25) is 0 Å². The van der Waals surface area contributed by atoms with Crippen LogP contribution < -0.4 is 11.1 Å². The molecule has 2 heterocycles. The number of nitrogen functional groups attached to an aromatic ring is 1. The highest BCUT2D eigenvalue weighted by molar-refractivity contribution is 5.94. The SMILES string of the molecule is Nc1cnc(-c2ccc(C(=O)NCCN3CCCOC3=O)cc2)cn1. The maximum Gasteiger partial charge on any atom is 0.409 e. The van der Waals surface area contributed by atoms with E-state index in [2.05, 4.69) is 15.3 Å².